The zero-order valence-electron chi connectivity index (χ0n) is 21.9. The molecular weight excluding hydrogens is 488 g/mol. The summed E-state index contributed by atoms with van der Waals surface area (Å²) in [7, 11) is 0. The molecule has 2 aromatic carbocycles. The van der Waals surface area contributed by atoms with E-state index >= 15 is 0 Å². The van der Waals surface area contributed by atoms with Crippen molar-refractivity contribution in [2.24, 2.45) is 5.92 Å². The minimum absolute atomic E-state index is 0.00218. The van der Waals surface area contributed by atoms with Crippen molar-refractivity contribution in [3.8, 4) is 5.75 Å². The summed E-state index contributed by atoms with van der Waals surface area (Å²) in [5.74, 6) is -1.35. The van der Waals surface area contributed by atoms with Crippen LogP contribution in [-0.2, 0) is 16.1 Å². The third-order valence-electron chi connectivity index (χ3n) is 6.18. The first-order valence-corrected chi connectivity index (χ1v) is 12.3. The Kier molecular flexibility index (Phi) is 7.82. The van der Waals surface area contributed by atoms with Gasteiger partial charge in [-0.1, -0.05) is 18.2 Å². The molecule has 1 fully saturated rings. The number of nitrogens with zero attached hydrogens (tertiary/aromatic N) is 2. The minimum atomic E-state index is -0.835. The number of pyridine rings is 1. The first-order chi connectivity index (χ1) is 18.0. The van der Waals surface area contributed by atoms with E-state index in [0.717, 1.165) is 22.2 Å². The molecule has 1 aromatic heterocycles. The molecule has 2 atom stereocenters. The first-order valence-electron chi connectivity index (χ1n) is 12.3. The van der Waals surface area contributed by atoms with Crippen LogP contribution in [0.15, 0.2) is 54.6 Å². The van der Waals surface area contributed by atoms with Gasteiger partial charge in [-0.05, 0) is 64.1 Å². The minimum Gasteiger partial charge on any atom is -0.489 e. The number of nitrogens with one attached hydrogen (secondary N) is 2. The summed E-state index contributed by atoms with van der Waals surface area (Å²) >= 11 is 0. The number of hydrogen-bond acceptors (Lipinski definition) is 7. The fourth-order valence-corrected chi connectivity index (χ4v) is 4.40. The predicted molar refractivity (Wildman–Crippen MR) is 140 cm³/mol. The number of carbonyl (C=O) groups is 3. The van der Waals surface area contributed by atoms with Crippen molar-refractivity contribution in [1.29, 1.82) is 0 Å². The van der Waals surface area contributed by atoms with Crippen molar-refractivity contribution in [1.82, 2.24) is 20.7 Å². The quantitative estimate of drug-likeness (QED) is 0.334. The Morgan fingerprint density at radius 2 is 1.79 bits per heavy atom. The molecule has 3 amide bonds. The average Bonchev–Trinajstić information content (AvgIpc) is 3.30. The molecule has 1 saturated heterocycles. The number of aromatic nitrogens is 1. The van der Waals surface area contributed by atoms with Crippen LogP contribution in [-0.4, -0.2) is 57.7 Å². The lowest BCUT2D eigenvalue weighted by Gasteiger charge is -2.24. The van der Waals surface area contributed by atoms with Crippen LogP contribution in [0.1, 0.15) is 42.4 Å². The maximum Gasteiger partial charge on any atom is 0.410 e. The fraction of sp³-hybridized carbons (Fsp3) is 0.357. The fourth-order valence-electron chi connectivity index (χ4n) is 4.40. The number of hydroxylamine groups is 1. The number of para-hydroxylation sites is 1. The van der Waals surface area contributed by atoms with Crippen LogP contribution in [0.2, 0.25) is 0 Å². The van der Waals surface area contributed by atoms with Gasteiger partial charge in [0.25, 0.3) is 5.91 Å². The van der Waals surface area contributed by atoms with E-state index in [1.165, 1.54) is 4.90 Å². The maximum atomic E-state index is 12.9. The maximum absolute atomic E-state index is 12.9. The van der Waals surface area contributed by atoms with Crippen LogP contribution in [0.4, 0.5) is 4.79 Å². The molecule has 3 aromatic rings. The lowest BCUT2D eigenvalue weighted by molar-refractivity contribution is -0.133. The van der Waals surface area contributed by atoms with Gasteiger partial charge in [0.1, 0.15) is 18.0 Å². The summed E-state index contributed by atoms with van der Waals surface area (Å²) in [5, 5.41) is 13.0. The van der Waals surface area contributed by atoms with Crippen molar-refractivity contribution in [3.05, 3.63) is 71.4 Å². The molecule has 200 valence electrons. The largest absolute Gasteiger partial charge is 0.489 e. The Labute approximate surface area is 220 Å². The van der Waals surface area contributed by atoms with Gasteiger partial charge in [-0.2, -0.15) is 0 Å². The second kappa shape index (κ2) is 11.1. The zero-order chi connectivity index (χ0) is 27.4. The van der Waals surface area contributed by atoms with Gasteiger partial charge < -0.3 is 19.7 Å². The van der Waals surface area contributed by atoms with E-state index in [-0.39, 0.29) is 13.1 Å². The molecule has 0 unspecified atom stereocenters. The summed E-state index contributed by atoms with van der Waals surface area (Å²) in [5.41, 5.74) is 4.09. The van der Waals surface area contributed by atoms with Crippen LogP contribution >= 0.6 is 0 Å². The van der Waals surface area contributed by atoms with Crippen molar-refractivity contribution in [2.45, 2.75) is 45.9 Å². The standard InChI is InChI=1S/C28H32N4O6/c1-17-13-19(21-7-5-6-8-23(21)29-17)16-37-20-11-9-18(10-12-20)25(33)30-24-15-32(14-22(24)26(34)31-36)27(35)38-28(2,3)4/h5-13,22,24,36H,14-16H2,1-4H3,(H,30,33)(H,31,34)/t22-,24-/m1/s1. The number of carbonyl (C=O) groups excluding carboxylic acids is 3. The molecule has 0 aliphatic carbocycles. The van der Waals surface area contributed by atoms with E-state index < -0.39 is 35.5 Å². The van der Waals surface area contributed by atoms with Crippen LogP contribution < -0.4 is 15.5 Å². The SMILES string of the molecule is Cc1cc(COc2ccc(C(=O)N[C@@H]3CN(C(=O)OC(C)(C)C)C[C@H]3C(=O)NO)cc2)c2ccccc2n1. The molecule has 10 heteroatoms. The van der Waals surface area contributed by atoms with Gasteiger partial charge in [-0.15, -0.1) is 0 Å². The number of aryl methyl sites for hydroxylation is 1. The van der Waals surface area contributed by atoms with Gasteiger partial charge in [0, 0.05) is 35.3 Å². The van der Waals surface area contributed by atoms with Crippen molar-refractivity contribution < 1.29 is 29.1 Å². The Bertz CT molecular complexity index is 1340. The Balaban J connectivity index is 1.40. The first kappa shape index (κ1) is 26.9. The third-order valence-corrected chi connectivity index (χ3v) is 6.18. The van der Waals surface area contributed by atoms with Crippen molar-refractivity contribution in [2.75, 3.05) is 13.1 Å². The van der Waals surface area contributed by atoms with Gasteiger partial charge in [-0.3, -0.25) is 19.8 Å². The summed E-state index contributed by atoms with van der Waals surface area (Å²) < 4.78 is 11.4. The molecule has 2 heterocycles. The number of rotatable bonds is 6. The number of likely N-dealkylation sites (tertiary alicyclic amines) is 1. The van der Waals surface area contributed by atoms with Gasteiger partial charge in [0.2, 0.25) is 5.91 Å². The summed E-state index contributed by atoms with van der Waals surface area (Å²) in [6.45, 7) is 7.58. The number of benzene rings is 2. The highest BCUT2D eigenvalue weighted by Gasteiger charge is 2.41. The van der Waals surface area contributed by atoms with Crippen molar-refractivity contribution in [3.63, 3.8) is 0 Å². The molecule has 0 radical (unpaired) electrons. The van der Waals surface area contributed by atoms with E-state index in [1.54, 1.807) is 50.5 Å². The smallest absolute Gasteiger partial charge is 0.410 e. The lowest BCUT2D eigenvalue weighted by atomic mass is 10.0. The molecule has 0 saturated carbocycles. The summed E-state index contributed by atoms with van der Waals surface area (Å²) in [6, 6.07) is 15.8. The highest BCUT2D eigenvalue weighted by atomic mass is 16.6. The Hall–Kier alpha value is -4.18. The van der Waals surface area contributed by atoms with E-state index in [2.05, 4.69) is 10.3 Å². The molecular formula is C28H32N4O6. The van der Waals surface area contributed by atoms with E-state index in [0.29, 0.717) is 17.9 Å². The topological polar surface area (TPSA) is 130 Å². The van der Waals surface area contributed by atoms with Crippen LogP contribution in [0.5, 0.6) is 5.75 Å². The van der Waals surface area contributed by atoms with Gasteiger partial charge in [0.15, 0.2) is 0 Å². The van der Waals surface area contributed by atoms with Crippen LogP contribution in [0, 0.1) is 12.8 Å². The summed E-state index contributed by atoms with van der Waals surface area (Å²) in [4.78, 5) is 43.6. The molecule has 38 heavy (non-hydrogen) atoms. The second-order valence-electron chi connectivity index (χ2n) is 10.3. The van der Waals surface area contributed by atoms with Crippen LogP contribution in [0.25, 0.3) is 10.9 Å². The third kappa shape index (κ3) is 6.38. The van der Waals surface area contributed by atoms with E-state index in [9.17, 15) is 14.4 Å². The predicted octanol–water partition coefficient (Wildman–Crippen LogP) is 3.59. The molecule has 0 spiro atoms. The Morgan fingerprint density at radius 3 is 2.47 bits per heavy atom. The Morgan fingerprint density at radius 1 is 1.08 bits per heavy atom. The van der Waals surface area contributed by atoms with Gasteiger partial charge >= 0.3 is 6.09 Å². The normalized spacial score (nSPS) is 17.2. The number of fused-ring (bicyclic) bond motifs is 1. The molecule has 0 bridgehead atoms. The lowest BCUT2D eigenvalue weighted by Crippen LogP contribution is -2.45. The molecule has 1 aliphatic heterocycles. The number of ether oxygens (including phenoxy) is 2. The second-order valence-corrected chi connectivity index (χ2v) is 10.3. The molecule has 4 rings (SSSR count). The number of amides is 3. The zero-order valence-corrected chi connectivity index (χ0v) is 21.9. The van der Waals surface area contributed by atoms with E-state index in [1.807, 2.05) is 37.3 Å². The molecule has 1 aliphatic rings. The highest BCUT2D eigenvalue weighted by molar-refractivity contribution is 5.95. The van der Waals surface area contributed by atoms with E-state index in [4.69, 9.17) is 14.7 Å². The molecule has 3 N–H and O–H groups in total. The van der Waals surface area contributed by atoms with Crippen molar-refractivity contribution >= 4 is 28.8 Å². The average molecular weight is 521 g/mol. The number of hydrogen-bond donors (Lipinski definition) is 3. The van der Waals surface area contributed by atoms with Gasteiger partial charge in [0.05, 0.1) is 17.5 Å². The molecule has 10 nitrogen and oxygen atoms in total. The summed E-state index contributed by atoms with van der Waals surface area (Å²) in [6.07, 6.45) is -0.594. The van der Waals surface area contributed by atoms with Gasteiger partial charge in [-0.25, -0.2) is 10.3 Å². The highest BCUT2D eigenvalue weighted by Crippen LogP contribution is 2.23. The van der Waals surface area contributed by atoms with Crippen LogP contribution in [0.3, 0.4) is 0 Å². The monoisotopic (exact) mass is 520 g/mol.